The zero-order valence-corrected chi connectivity index (χ0v) is 9.04. The van der Waals surface area contributed by atoms with E-state index in [1.165, 1.54) is 12.1 Å². The molecule has 15 heavy (non-hydrogen) atoms. The maximum atomic E-state index is 12.8. The van der Waals surface area contributed by atoms with E-state index in [9.17, 15) is 4.39 Å². The van der Waals surface area contributed by atoms with E-state index in [2.05, 4.69) is 17.1 Å². The Balaban J connectivity index is 2.01. The van der Waals surface area contributed by atoms with Gasteiger partial charge in [-0.3, -0.25) is 0 Å². The molecule has 3 heteroatoms. The third-order valence-corrected chi connectivity index (χ3v) is 2.92. The molecule has 0 amide bonds. The van der Waals surface area contributed by atoms with E-state index in [-0.39, 0.29) is 5.82 Å². The monoisotopic (exact) mass is 208 g/mol. The van der Waals surface area contributed by atoms with Crippen molar-refractivity contribution in [1.82, 2.24) is 5.32 Å². The highest BCUT2D eigenvalue weighted by Gasteiger charge is 2.19. The number of hydrogen-bond acceptors (Lipinski definition) is 2. The Morgan fingerprint density at radius 2 is 2.00 bits per heavy atom. The van der Waals surface area contributed by atoms with Crippen molar-refractivity contribution < 1.29 is 4.39 Å². The Hall–Kier alpha value is -1.09. The van der Waals surface area contributed by atoms with Gasteiger partial charge < -0.3 is 10.2 Å². The minimum Gasteiger partial charge on any atom is -0.371 e. The largest absolute Gasteiger partial charge is 0.371 e. The molecule has 1 saturated heterocycles. The summed E-state index contributed by atoms with van der Waals surface area (Å²) >= 11 is 0. The highest BCUT2D eigenvalue weighted by atomic mass is 19.1. The van der Waals surface area contributed by atoms with Crippen LogP contribution < -0.4 is 10.2 Å². The first-order chi connectivity index (χ1) is 7.29. The second kappa shape index (κ2) is 4.62. The zero-order valence-electron chi connectivity index (χ0n) is 9.04. The van der Waals surface area contributed by atoms with Crippen LogP contribution in [0, 0.1) is 11.7 Å². The SMILES string of the molecule is CCN(CC1CNC1)c1ccc(F)cc1. The average Bonchev–Trinajstić information content (AvgIpc) is 2.19. The Morgan fingerprint density at radius 1 is 1.33 bits per heavy atom. The van der Waals surface area contributed by atoms with E-state index in [1.807, 2.05) is 12.1 Å². The molecule has 1 aromatic rings. The van der Waals surface area contributed by atoms with Gasteiger partial charge in [0.05, 0.1) is 0 Å². The van der Waals surface area contributed by atoms with Crippen molar-refractivity contribution in [3.63, 3.8) is 0 Å². The van der Waals surface area contributed by atoms with Gasteiger partial charge >= 0.3 is 0 Å². The lowest BCUT2D eigenvalue weighted by molar-refractivity contribution is 0.349. The highest BCUT2D eigenvalue weighted by Crippen LogP contribution is 2.17. The molecular formula is C12H17FN2. The molecule has 82 valence electrons. The van der Waals surface area contributed by atoms with Crippen molar-refractivity contribution >= 4 is 5.69 Å². The van der Waals surface area contributed by atoms with Crippen molar-refractivity contribution in [2.45, 2.75) is 6.92 Å². The summed E-state index contributed by atoms with van der Waals surface area (Å²) in [6.45, 7) is 6.39. The fourth-order valence-electron chi connectivity index (χ4n) is 1.86. The number of anilines is 1. The predicted octanol–water partition coefficient (Wildman–Crippen LogP) is 1.87. The van der Waals surface area contributed by atoms with E-state index in [0.717, 1.165) is 37.8 Å². The summed E-state index contributed by atoms with van der Waals surface area (Å²) in [5.41, 5.74) is 1.12. The minimum absolute atomic E-state index is 0.167. The van der Waals surface area contributed by atoms with Crippen LogP contribution in [0.15, 0.2) is 24.3 Å². The summed E-state index contributed by atoms with van der Waals surface area (Å²) in [7, 11) is 0. The maximum absolute atomic E-state index is 12.8. The van der Waals surface area contributed by atoms with Crippen LogP contribution in [0.5, 0.6) is 0 Å². The molecular weight excluding hydrogens is 191 g/mol. The van der Waals surface area contributed by atoms with Crippen LogP contribution in [0.25, 0.3) is 0 Å². The van der Waals surface area contributed by atoms with Crippen molar-refractivity contribution in [3.05, 3.63) is 30.1 Å². The van der Waals surface area contributed by atoms with Crippen LogP contribution in [0.4, 0.5) is 10.1 Å². The van der Waals surface area contributed by atoms with Crippen LogP contribution >= 0.6 is 0 Å². The first-order valence-corrected chi connectivity index (χ1v) is 5.51. The summed E-state index contributed by atoms with van der Waals surface area (Å²) in [5.74, 6) is 0.579. The topological polar surface area (TPSA) is 15.3 Å². The van der Waals surface area contributed by atoms with Gasteiger partial charge in [0.2, 0.25) is 0 Å². The summed E-state index contributed by atoms with van der Waals surface area (Å²) in [4.78, 5) is 2.30. The Kier molecular flexibility index (Phi) is 3.21. The summed E-state index contributed by atoms with van der Waals surface area (Å²) in [6, 6.07) is 6.75. The summed E-state index contributed by atoms with van der Waals surface area (Å²) in [6.07, 6.45) is 0. The van der Waals surface area contributed by atoms with Crippen LogP contribution in [0.2, 0.25) is 0 Å². The molecule has 1 aliphatic rings. The molecule has 2 rings (SSSR count). The maximum Gasteiger partial charge on any atom is 0.123 e. The van der Waals surface area contributed by atoms with Gasteiger partial charge in [-0.2, -0.15) is 0 Å². The van der Waals surface area contributed by atoms with Gasteiger partial charge in [0, 0.05) is 37.8 Å². The standard InChI is InChI=1S/C12H17FN2/c1-2-15(9-10-7-14-8-10)12-5-3-11(13)4-6-12/h3-6,10,14H,2,7-9H2,1H3. The lowest BCUT2D eigenvalue weighted by Gasteiger charge is -2.33. The van der Waals surface area contributed by atoms with Crippen molar-refractivity contribution in [2.75, 3.05) is 31.1 Å². The highest BCUT2D eigenvalue weighted by molar-refractivity contribution is 5.46. The lowest BCUT2D eigenvalue weighted by Crippen LogP contribution is -2.48. The third-order valence-electron chi connectivity index (χ3n) is 2.92. The first-order valence-electron chi connectivity index (χ1n) is 5.51. The number of hydrogen-bond donors (Lipinski definition) is 1. The van der Waals surface area contributed by atoms with E-state index >= 15 is 0 Å². The summed E-state index contributed by atoms with van der Waals surface area (Å²) in [5, 5.41) is 3.26. The van der Waals surface area contributed by atoms with Crippen molar-refractivity contribution in [3.8, 4) is 0 Å². The smallest absolute Gasteiger partial charge is 0.123 e. The van der Waals surface area contributed by atoms with Crippen LogP contribution in [-0.4, -0.2) is 26.2 Å². The van der Waals surface area contributed by atoms with Crippen LogP contribution in [0.1, 0.15) is 6.92 Å². The van der Waals surface area contributed by atoms with Gasteiger partial charge in [-0.15, -0.1) is 0 Å². The summed E-state index contributed by atoms with van der Waals surface area (Å²) < 4.78 is 12.8. The van der Waals surface area contributed by atoms with Gasteiger partial charge in [-0.05, 0) is 31.2 Å². The molecule has 0 atom stereocenters. The van der Waals surface area contributed by atoms with E-state index in [1.54, 1.807) is 0 Å². The normalized spacial score (nSPS) is 16.1. The lowest BCUT2D eigenvalue weighted by atomic mass is 10.0. The Bertz CT molecular complexity index is 306. The molecule has 0 bridgehead atoms. The van der Waals surface area contributed by atoms with Gasteiger partial charge in [0.25, 0.3) is 0 Å². The molecule has 1 fully saturated rings. The zero-order chi connectivity index (χ0) is 10.7. The molecule has 0 radical (unpaired) electrons. The molecule has 1 heterocycles. The molecule has 1 aliphatic heterocycles. The number of rotatable bonds is 4. The van der Waals surface area contributed by atoms with Crippen LogP contribution in [0.3, 0.4) is 0 Å². The quantitative estimate of drug-likeness (QED) is 0.812. The molecule has 0 spiro atoms. The number of halogens is 1. The first kappa shape index (κ1) is 10.4. The van der Waals surface area contributed by atoms with Gasteiger partial charge in [0.15, 0.2) is 0 Å². The van der Waals surface area contributed by atoms with Gasteiger partial charge in [0.1, 0.15) is 5.82 Å². The molecule has 1 aromatic carbocycles. The number of benzene rings is 1. The predicted molar refractivity (Wildman–Crippen MR) is 60.6 cm³/mol. The molecule has 1 N–H and O–H groups in total. The van der Waals surface area contributed by atoms with Crippen molar-refractivity contribution in [2.24, 2.45) is 5.92 Å². The second-order valence-electron chi connectivity index (χ2n) is 4.04. The fourth-order valence-corrected chi connectivity index (χ4v) is 1.86. The molecule has 2 nitrogen and oxygen atoms in total. The second-order valence-corrected chi connectivity index (χ2v) is 4.04. The van der Waals surface area contributed by atoms with E-state index in [0.29, 0.717) is 0 Å². The molecule has 0 saturated carbocycles. The fraction of sp³-hybridized carbons (Fsp3) is 0.500. The average molecular weight is 208 g/mol. The van der Waals surface area contributed by atoms with Gasteiger partial charge in [-0.1, -0.05) is 0 Å². The van der Waals surface area contributed by atoms with Crippen LogP contribution in [-0.2, 0) is 0 Å². The molecule has 0 aromatic heterocycles. The Labute approximate surface area is 90.1 Å². The molecule has 0 unspecified atom stereocenters. The number of nitrogens with zero attached hydrogens (tertiary/aromatic N) is 1. The minimum atomic E-state index is -0.167. The van der Waals surface area contributed by atoms with E-state index in [4.69, 9.17) is 0 Å². The van der Waals surface area contributed by atoms with Gasteiger partial charge in [-0.25, -0.2) is 4.39 Å². The Morgan fingerprint density at radius 3 is 2.47 bits per heavy atom. The van der Waals surface area contributed by atoms with E-state index < -0.39 is 0 Å². The number of nitrogens with one attached hydrogen (secondary N) is 1. The third kappa shape index (κ3) is 2.48. The van der Waals surface area contributed by atoms with Crippen molar-refractivity contribution in [1.29, 1.82) is 0 Å². The molecule has 0 aliphatic carbocycles.